The summed E-state index contributed by atoms with van der Waals surface area (Å²) < 4.78 is 44.5. The standard InChI is InChI=1S/C12H8F3NO3S/c13-12(14,15)19-8-3-1-7(2-4-8)9-5-6-10(20-9)18-11(16)17/h1-6H,(H2,16,17). The lowest BCUT2D eigenvalue weighted by Gasteiger charge is -2.08. The van der Waals surface area contributed by atoms with Crippen molar-refractivity contribution in [3.05, 3.63) is 36.4 Å². The number of halogens is 3. The van der Waals surface area contributed by atoms with E-state index in [2.05, 4.69) is 9.47 Å². The predicted molar refractivity (Wildman–Crippen MR) is 66.6 cm³/mol. The zero-order valence-electron chi connectivity index (χ0n) is 9.81. The van der Waals surface area contributed by atoms with Crippen molar-refractivity contribution in [2.45, 2.75) is 6.36 Å². The number of rotatable bonds is 3. The molecule has 1 aromatic carbocycles. The molecule has 2 N–H and O–H groups in total. The Kier molecular flexibility index (Phi) is 3.84. The summed E-state index contributed by atoms with van der Waals surface area (Å²) in [6.07, 6.45) is -5.64. The third kappa shape index (κ3) is 3.89. The fourth-order valence-corrected chi connectivity index (χ4v) is 2.32. The molecule has 0 aliphatic heterocycles. The van der Waals surface area contributed by atoms with E-state index in [0.717, 1.165) is 16.2 Å². The Morgan fingerprint density at radius 1 is 1.10 bits per heavy atom. The van der Waals surface area contributed by atoms with Crippen LogP contribution in [-0.4, -0.2) is 12.5 Å². The number of carbonyl (C=O) groups is 1. The molecule has 106 valence electrons. The van der Waals surface area contributed by atoms with Crippen LogP contribution in [0, 0.1) is 0 Å². The quantitative estimate of drug-likeness (QED) is 0.938. The van der Waals surface area contributed by atoms with Crippen molar-refractivity contribution in [3.8, 4) is 21.3 Å². The molecule has 1 heterocycles. The molecule has 20 heavy (non-hydrogen) atoms. The molecular weight excluding hydrogens is 295 g/mol. The summed E-state index contributed by atoms with van der Waals surface area (Å²) in [7, 11) is 0. The van der Waals surface area contributed by atoms with Crippen LogP contribution in [0.5, 0.6) is 10.8 Å². The third-order valence-electron chi connectivity index (χ3n) is 2.15. The first-order valence-electron chi connectivity index (χ1n) is 5.27. The number of nitrogens with two attached hydrogens (primary N) is 1. The highest BCUT2D eigenvalue weighted by Gasteiger charge is 2.30. The van der Waals surface area contributed by atoms with Crippen LogP contribution in [0.4, 0.5) is 18.0 Å². The highest BCUT2D eigenvalue weighted by molar-refractivity contribution is 7.17. The van der Waals surface area contributed by atoms with Crippen molar-refractivity contribution >= 4 is 17.4 Å². The molecule has 0 saturated heterocycles. The summed E-state index contributed by atoms with van der Waals surface area (Å²) in [6, 6.07) is 8.57. The molecule has 2 rings (SSSR count). The molecule has 0 unspecified atom stereocenters. The summed E-state index contributed by atoms with van der Waals surface area (Å²) in [5, 5.41) is 0.308. The van der Waals surface area contributed by atoms with Crippen molar-refractivity contribution in [1.82, 2.24) is 0 Å². The van der Waals surface area contributed by atoms with E-state index in [1.807, 2.05) is 0 Å². The Balaban J connectivity index is 2.13. The molecule has 0 aliphatic carbocycles. The first kappa shape index (κ1) is 14.2. The van der Waals surface area contributed by atoms with Gasteiger partial charge in [0.15, 0.2) is 5.06 Å². The van der Waals surface area contributed by atoms with E-state index in [-0.39, 0.29) is 5.75 Å². The van der Waals surface area contributed by atoms with Gasteiger partial charge in [-0.2, -0.15) is 0 Å². The molecule has 1 aromatic heterocycles. The van der Waals surface area contributed by atoms with Gasteiger partial charge in [0, 0.05) is 4.88 Å². The number of hydrogen-bond donors (Lipinski definition) is 1. The molecule has 0 fully saturated rings. The largest absolute Gasteiger partial charge is 0.573 e. The van der Waals surface area contributed by atoms with Gasteiger partial charge >= 0.3 is 12.5 Å². The topological polar surface area (TPSA) is 61.6 Å². The molecule has 1 amide bonds. The minimum atomic E-state index is -4.72. The predicted octanol–water partition coefficient (Wildman–Crippen LogP) is 3.77. The Morgan fingerprint density at radius 2 is 1.75 bits per heavy atom. The van der Waals surface area contributed by atoms with Crippen LogP contribution in [0.15, 0.2) is 36.4 Å². The highest BCUT2D eigenvalue weighted by Crippen LogP contribution is 2.34. The van der Waals surface area contributed by atoms with Crippen molar-refractivity contribution in [2.24, 2.45) is 5.73 Å². The second-order valence-electron chi connectivity index (χ2n) is 3.61. The van der Waals surface area contributed by atoms with Gasteiger partial charge in [-0.05, 0) is 42.0 Å². The smallest absolute Gasteiger partial charge is 0.406 e. The zero-order chi connectivity index (χ0) is 14.8. The van der Waals surface area contributed by atoms with E-state index in [4.69, 9.17) is 5.73 Å². The molecule has 0 bridgehead atoms. The number of hydrogen-bond acceptors (Lipinski definition) is 4. The normalized spacial score (nSPS) is 11.2. The SMILES string of the molecule is NC(=O)Oc1ccc(-c2ccc(OC(F)(F)F)cc2)s1. The number of alkyl halides is 3. The van der Waals surface area contributed by atoms with E-state index >= 15 is 0 Å². The minimum absolute atomic E-state index is 0.300. The van der Waals surface area contributed by atoms with Crippen LogP contribution < -0.4 is 15.2 Å². The van der Waals surface area contributed by atoms with Crippen LogP contribution in [0.1, 0.15) is 0 Å². The summed E-state index contributed by atoms with van der Waals surface area (Å²) in [5.41, 5.74) is 5.54. The van der Waals surface area contributed by atoms with Gasteiger partial charge in [0.1, 0.15) is 5.75 Å². The lowest BCUT2D eigenvalue weighted by atomic mass is 10.2. The maximum Gasteiger partial charge on any atom is 0.573 e. The molecule has 0 aliphatic rings. The fraction of sp³-hybridized carbons (Fsp3) is 0.0833. The second-order valence-corrected chi connectivity index (χ2v) is 4.66. The van der Waals surface area contributed by atoms with E-state index in [0.29, 0.717) is 10.6 Å². The Bertz CT molecular complexity index is 607. The van der Waals surface area contributed by atoms with Gasteiger partial charge in [0.2, 0.25) is 0 Å². The zero-order valence-corrected chi connectivity index (χ0v) is 10.6. The molecule has 0 spiro atoms. The number of carbonyl (C=O) groups excluding carboxylic acids is 1. The first-order valence-corrected chi connectivity index (χ1v) is 6.08. The molecular formula is C12H8F3NO3S. The first-order chi connectivity index (χ1) is 9.33. The van der Waals surface area contributed by atoms with Crippen LogP contribution in [0.3, 0.4) is 0 Å². The summed E-state index contributed by atoms with van der Waals surface area (Å²) in [6.45, 7) is 0. The van der Waals surface area contributed by atoms with Crippen LogP contribution in [0.25, 0.3) is 10.4 Å². The Morgan fingerprint density at radius 3 is 2.30 bits per heavy atom. The highest BCUT2D eigenvalue weighted by atomic mass is 32.1. The fourth-order valence-electron chi connectivity index (χ4n) is 1.45. The molecule has 0 atom stereocenters. The maximum atomic E-state index is 12.0. The van der Waals surface area contributed by atoms with E-state index in [1.165, 1.54) is 24.3 Å². The van der Waals surface area contributed by atoms with Gasteiger partial charge in [-0.25, -0.2) is 4.79 Å². The van der Waals surface area contributed by atoms with Gasteiger partial charge in [-0.3, -0.25) is 0 Å². The molecule has 8 heteroatoms. The van der Waals surface area contributed by atoms with Crippen molar-refractivity contribution in [2.75, 3.05) is 0 Å². The van der Waals surface area contributed by atoms with Gasteiger partial charge < -0.3 is 15.2 Å². The number of amides is 1. The second kappa shape index (κ2) is 5.41. The summed E-state index contributed by atoms with van der Waals surface area (Å²) >= 11 is 1.15. The summed E-state index contributed by atoms with van der Waals surface area (Å²) in [5.74, 6) is -0.300. The molecule has 0 radical (unpaired) electrons. The molecule has 0 saturated carbocycles. The van der Waals surface area contributed by atoms with Crippen molar-refractivity contribution in [1.29, 1.82) is 0 Å². The molecule has 2 aromatic rings. The van der Waals surface area contributed by atoms with Gasteiger partial charge in [0.05, 0.1) is 0 Å². The van der Waals surface area contributed by atoms with Crippen molar-refractivity contribution in [3.63, 3.8) is 0 Å². The number of ether oxygens (including phenoxy) is 2. The average Bonchev–Trinajstić information content (AvgIpc) is 2.75. The van der Waals surface area contributed by atoms with Gasteiger partial charge in [-0.15, -0.1) is 13.2 Å². The van der Waals surface area contributed by atoms with Crippen LogP contribution >= 0.6 is 11.3 Å². The molecule has 4 nitrogen and oxygen atoms in total. The lowest BCUT2D eigenvalue weighted by molar-refractivity contribution is -0.274. The summed E-state index contributed by atoms with van der Waals surface area (Å²) in [4.78, 5) is 11.3. The van der Waals surface area contributed by atoms with Gasteiger partial charge in [-0.1, -0.05) is 11.3 Å². The Hall–Kier alpha value is -2.22. The maximum absolute atomic E-state index is 12.0. The minimum Gasteiger partial charge on any atom is -0.406 e. The lowest BCUT2D eigenvalue weighted by Crippen LogP contribution is -2.16. The third-order valence-corrected chi connectivity index (χ3v) is 3.17. The van der Waals surface area contributed by atoms with Crippen LogP contribution in [0.2, 0.25) is 0 Å². The van der Waals surface area contributed by atoms with Crippen LogP contribution in [-0.2, 0) is 0 Å². The van der Waals surface area contributed by atoms with Crippen molar-refractivity contribution < 1.29 is 27.4 Å². The average molecular weight is 303 g/mol. The van der Waals surface area contributed by atoms with E-state index < -0.39 is 12.5 Å². The Labute approximate surface area is 115 Å². The van der Waals surface area contributed by atoms with E-state index in [9.17, 15) is 18.0 Å². The van der Waals surface area contributed by atoms with Gasteiger partial charge in [0.25, 0.3) is 0 Å². The number of primary amides is 1. The number of benzene rings is 1. The number of thiophene rings is 1. The monoisotopic (exact) mass is 303 g/mol. The van der Waals surface area contributed by atoms with E-state index in [1.54, 1.807) is 12.1 Å².